The fraction of sp³-hybridized carbons (Fsp3) is 0. The van der Waals surface area contributed by atoms with E-state index in [0.717, 1.165) is 49.8 Å². The number of hydrogen-bond acceptors (Lipinski definition) is 2. The van der Waals surface area contributed by atoms with Gasteiger partial charge in [-0.25, -0.2) is 0 Å². The normalized spacial score (nSPS) is 11.7. The Hall–Kier alpha value is -7.16. The molecular weight excluding hydrogens is 655 g/mol. The van der Waals surface area contributed by atoms with Crippen molar-refractivity contribution in [1.29, 1.82) is 0 Å². The van der Waals surface area contributed by atoms with Crippen LogP contribution in [0.4, 0.5) is 17.1 Å². The Morgan fingerprint density at radius 1 is 0.315 bits per heavy atom. The van der Waals surface area contributed by atoms with E-state index in [1.807, 2.05) is 6.07 Å². The van der Waals surface area contributed by atoms with Gasteiger partial charge >= 0.3 is 0 Å². The van der Waals surface area contributed by atoms with Gasteiger partial charge in [0.2, 0.25) is 0 Å². The summed E-state index contributed by atoms with van der Waals surface area (Å²) in [4.78, 5) is 2.43. The predicted octanol–water partition coefficient (Wildman–Crippen LogP) is 15.0. The Bertz CT molecular complexity index is 3210. The predicted molar refractivity (Wildman–Crippen MR) is 229 cm³/mol. The first kappa shape index (κ1) is 30.5. The van der Waals surface area contributed by atoms with Crippen LogP contribution in [0.25, 0.3) is 87.3 Å². The highest BCUT2D eigenvalue weighted by Crippen LogP contribution is 2.47. The lowest BCUT2D eigenvalue weighted by Gasteiger charge is -2.29. The molecule has 10 aromatic carbocycles. The highest BCUT2D eigenvalue weighted by molar-refractivity contribution is 6.20. The summed E-state index contributed by atoms with van der Waals surface area (Å²) in [6.07, 6.45) is 0. The number of rotatable bonds is 5. The number of benzene rings is 10. The van der Waals surface area contributed by atoms with Crippen LogP contribution in [0.1, 0.15) is 0 Å². The van der Waals surface area contributed by atoms with Gasteiger partial charge in [-0.3, -0.25) is 0 Å². The second-order valence-electron chi connectivity index (χ2n) is 14.0. The lowest BCUT2D eigenvalue weighted by molar-refractivity contribution is 0.672. The third-order valence-corrected chi connectivity index (χ3v) is 11.1. The van der Waals surface area contributed by atoms with E-state index in [2.05, 4.69) is 199 Å². The fourth-order valence-corrected chi connectivity index (χ4v) is 8.55. The van der Waals surface area contributed by atoms with Gasteiger partial charge in [-0.2, -0.15) is 0 Å². The van der Waals surface area contributed by atoms with Gasteiger partial charge in [0.25, 0.3) is 0 Å². The summed E-state index contributed by atoms with van der Waals surface area (Å²) >= 11 is 0. The largest absolute Gasteiger partial charge is 0.455 e. The minimum Gasteiger partial charge on any atom is -0.455 e. The third-order valence-electron chi connectivity index (χ3n) is 11.1. The van der Waals surface area contributed by atoms with Gasteiger partial charge in [-0.15, -0.1) is 0 Å². The monoisotopic (exact) mass is 687 g/mol. The topological polar surface area (TPSA) is 16.4 Å². The van der Waals surface area contributed by atoms with Crippen molar-refractivity contribution in [3.8, 4) is 22.3 Å². The summed E-state index contributed by atoms with van der Waals surface area (Å²) in [5.41, 5.74) is 9.96. The van der Waals surface area contributed by atoms with Crippen molar-refractivity contribution in [2.45, 2.75) is 0 Å². The molecule has 11 aromatic rings. The molecule has 2 nitrogen and oxygen atoms in total. The molecule has 11 rings (SSSR count). The molecule has 0 amide bonds. The van der Waals surface area contributed by atoms with Crippen molar-refractivity contribution in [3.05, 3.63) is 200 Å². The third kappa shape index (κ3) is 4.74. The van der Waals surface area contributed by atoms with Crippen molar-refractivity contribution in [2.24, 2.45) is 0 Å². The highest BCUT2D eigenvalue weighted by atomic mass is 16.3. The summed E-state index contributed by atoms with van der Waals surface area (Å²) in [5.74, 6) is 0. The van der Waals surface area contributed by atoms with E-state index in [4.69, 9.17) is 4.42 Å². The van der Waals surface area contributed by atoms with Crippen molar-refractivity contribution in [3.63, 3.8) is 0 Å². The van der Waals surface area contributed by atoms with E-state index in [0.29, 0.717) is 0 Å². The number of para-hydroxylation sites is 1. The van der Waals surface area contributed by atoms with Crippen molar-refractivity contribution < 1.29 is 4.42 Å². The minimum atomic E-state index is 0.904. The number of hydrogen-bond donors (Lipinski definition) is 0. The Balaban J connectivity index is 1.17. The molecule has 0 aliphatic heterocycles. The van der Waals surface area contributed by atoms with Crippen LogP contribution in [0.5, 0.6) is 0 Å². The van der Waals surface area contributed by atoms with Crippen LogP contribution in [-0.4, -0.2) is 0 Å². The number of nitrogens with zero attached hydrogens (tertiary/aromatic N) is 1. The lowest BCUT2D eigenvalue weighted by atomic mass is 9.90. The smallest absolute Gasteiger partial charge is 0.143 e. The Labute approximate surface area is 312 Å². The first-order valence-corrected chi connectivity index (χ1v) is 18.5. The summed E-state index contributed by atoms with van der Waals surface area (Å²) in [5, 5.41) is 11.9. The van der Waals surface area contributed by atoms with Gasteiger partial charge in [0.05, 0.1) is 11.4 Å². The second-order valence-corrected chi connectivity index (χ2v) is 14.0. The van der Waals surface area contributed by atoms with Gasteiger partial charge in [-0.1, -0.05) is 158 Å². The van der Waals surface area contributed by atoms with Gasteiger partial charge in [0, 0.05) is 32.6 Å². The Morgan fingerprint density at radius 3 is 1.69 bits per heavy atom. The molecule has 0 bridgehead atoms. The molecule has 2 heteroatoms. The van der Waals surface area contributed by atoms with Gasteiger partial charge in [-0.05, 0) is 91.6 Å². The second kappa shape index (κ2) is 12.2. The van der Waals surface area contributed by atoms with E-state index < -0.39 is 0 Å². The number of fused-ring (bicyclic) bond motifs is 9. The van der Waals surface area contributed by atoms with Crippen LogP contribution >= 0.6 is 0 Å². The van der Waals surface area contributed by atoms with Gasteiger partial charge in [0.15, 0.2) is 0 Å². The molecule has 0 saturated carbocycles. The fourth-order valence-electron chi connectivity index (χ4n) is 8.55. The van der Waals surface area contributed by atoms with Crippen LogP contribution in [-0.2, 0) is 0 Å². The maximum absolute atomic E-state index is 6.56. The molecule has 0 spiro atoms. The van der Waals surface area contributed by atoms with Gasteiger partial charge < -0.3 is 9.32 Å². The molecule has 0 aliphatic rings. The van der Waals surface area contributed by atoms with Crippen molar-refractivity contribution in [1.82, 2.24) is 0 Å². The Morgan fingerprint density at radius 2 is 0.870 bits per heavy atom. The maximum Gasteiger partial charge on any atom is 0.143 e. The maximum atomic E-state index is 6.56. The molecule has 0 atom stereocenters. The molecule has 1 heterocycles. The summed E-state index contributed by atoms with van der Waals surface area (Å²) in [6.45, 7) is 0. The molecule has 0 unspecified atom stereocenters. The summed E-state index contributed by atoms with van der Waals surface area (Å²) in [6, 6.07) is 72.3. The lowest BCUT2D eigenvalue weighted by Crippen LogP contribution is -2.11. The van der Waals surface area contributed by atoms with E-state index in [1.165, 1.54) is 54.6 Å². The van der Waals surface area contributed by atoms with E-state index in [-0.39, 0.29) is 0 Å². The molecule has 0 saturated heterocycles. The minimum absolute atomic E-state index is 0.904. The average molecular weight is 688 g/mol. The van der Waals surface area contributed by atoms with Crippen LogP contribution in [0.3, 0.4) is 0 Å². The average Bonchev–Trinajstić information content (AvgIpc) is 3.64. The zero-order chi connectivity index (χ0) is 35.6. The quantitative estimate of drug-likeness (QED) is 0.168. The molecule has 0 aliphatic carbocycles. The molecule has 0 fully saturated rings. The van der Waals surface area contributed by atoms with Crippen molar-refractivity contribution >= 4 is 82.1 Å². The van der Waals surface area contributed by atoms with E-state index in [9.17, 15) is 0 Å². The highest BCUT2D eigenvalue weighted by Gasteiger charge is 2.22. The Kier molecular flexibility index (Phi) is 6.90. The number of furan rings is 1. The van der Waals surface area contributed by atoms with Crippen LogP contribution in [0.2, 0.25) is 0 Å². The molecular formula is C52H33NO. The zero-order valence-corrected chi connectivity index (χ0v) is 29.4. The molecule has 1 aromatic heterocycles. The van der Waals surface area contributed by atoms with E-state index in [1.54, 1.807) is 0 Å². The van der Waals surface area contributed by atoms with Crippen LogP contribution in [0.15, 0.2) is 205 Å². The molecule has 0 radical (unpaired) electrons. The molecule has 0 N–H and O–H groups in total. The first-order valence-electron chi connectivity index (χ1n) is 18.5. The standard InChI is InChI=1S/C52H33NO/c1-2-13-34(14-3-1)35-25-27-37(28-26-35)53(49-23-12-22-46-44(49)29-30-47-45-21-10-11-24-51(45)54-52(46)47)50-32-31-42(40-18-8-9-20-43(40)50)48-33-36-15-4-5-16-38(36)39-17-6-7-19-41(39)48/h1-33H. The van der Waals surface area contributed by atoms with Crippen LogP contribution < -0.4 is 4.90 Å². The number of anilines is 3. The summed E-state index contributed by atoms with van der Waals surface area (Å²) in [7, 11) is 0. The first-order chi connectivity index (χ1) is 26.8. The zero-order valence-electron chi connectivity index (χ0n) is 29.4. The van der Waals surface area contributed by atoms with E-state index >= 15 is 0 Å². The summed E-state index contributed by atoms with van der Waals surface area (Å²) < 4.78 is 6.56. The SMILES string of the molecule is c1ccc(-c2ccc(N(c3ccc(-c4cc5ccccc5c5ccccc45)c4ccccc34)c3cccc4c3ccc3c5ccccc5oc43)cc2)cc1. The van der Waals surface area contributed by atoms with Gasteiger partial charge in [0.1, 0.15) is 11.2 Å². The van der Waals surface area contributed by atoms with Crippen LogP contribution in [0, 0.1) is 0 Å². The molecule has 252 valence electrons. The molecule has 54 heavy (non-hydrogen) atoms. The van der Waals surface area contributed by atoms with Crippen molar-refractivity contribution in [2.75, 3.05) is 4.90 Å².